The number of hydrogen-bond acceptors (Lipinski definition) is 4. The summed E-state index contributed by atoms with van der Waals surface area (Å²) in [7, 11) is 5.83. The number of aromatic nitrogens is 1. The molecule has 0 spiro atoms. The van der Waals surface area contributed by atoms with E-state index in [2.05, 4.69) is 29.0 Å². The second-order valence-electron chi connectivity index (χ2n) is 5.92. The lowest BCUT2D eigenvalue weighted by Crippen LogP contribution is -2.36. The molecule has 4 heteroatoms. The van der Waals surface area contributed by atoms with Crippen LogP contribution in [-0.2, 0) is 24.2 Å². The van der Waals surface area contributed by atoms with Crippen LogP contribution in [0.5, 0.6) is 0 Å². The number of nitrogens with zero attached hydrogens (tertiary/aromatic N) is 3. The van der Waals surface area contributed by atoms with E-state index in [0.717, 1.165) is 52.0 Å². The summed E-state index contributed by atoms with van der Waals surface area (Å²) >= 11 is 0. The lowest BCUT2D eigenvalue weighted by atomic mass is 10.0. The first-order chi connectivity index (χ1) is 9.74. The highest BCUT2D eigenvalue weighted by molar-refractivity contribution is 5.25. The minimum atomic E-state index is 0.450. The van der Waals surface area contributed by atoms with Crippen LogP contribution in [0.15, 0.2) is 12.1 Å². The fourth-order valence-electron chi connectivity index (χ4n) is 3.14. The molecule has 3 rings (SSSR count). The van der Waals surface area contributed by atoms with E-state index >= 15 is 0 Å². The minimum absolute atomic E-state index is 0.450. The Morgan fingerprint density at radius 2 is 2.10 bits per heavy atom. The third-order valence-electron chi connectivity index (χ3n) is 4.44. The average molecular weight is 274 g/mol. The van der Waals surface area contributed by atoms with Crippen molar-refractivity contribution in [3.63, 3.8) is 0 Å². The highest BCUT2D eigenvalue weighted by atomic mass is 16.5. The molecule has 1 fully saturated rings. The van der Waals surface area contributed by atoms with Gasteiger partial charge in [-0.1, -0.05) is 6.07 Å². The number of pyridine rings is 1. The second kappa shape index (κ2) is 6.20. The highest BCUT2D eigenvalue weighted by Gasteiger charge is 2.19. The Morgan fingerprint density at radius 3 is 2.85 bits per heavy atom. The number of methoxy groups -OCH3 is 1. The molecule has 1 aromatic heterocycles. The molecule has 2 aliphatic rings. The average Bonchev–Trinajstić information content (AvgIpc) is 2.48. The maximum Gasteiger partial charge on any atom is 0.0595 e. The summed E-state index contributed by atoms with van der Waals surface area (Å²) in [6.45, 7) is 5.15. The molecule has 0 amide bonds. The summed E-state index contributed by atoms with van der Waals surface area (Å²) < 4.78 is 5.42. The largest absolute Gasteiger partial charge is 0.455 e. The van der Waals surface area contributed by atoms with E-state index in [-0.39, 0.29) is 0 Å². The van der Waals surface area contributed by atoms with E-state index < -0.39 is 0 Å². The number of ether oxygens (including phenoxy) is 1. The van der Waals surface area contributed by atoms with Gasteiger partial charge in [-0.05, 0) is 37.6 Å². The predicted molar refractivity (Wildman–Crippen MR) is 79.0 cm³/mol. The quantitative estimate of drug-likeness (QED) is 0.786. The number of fused-ring (bicyclic) bond motifs is 1. The van der Waals surface area contributed by atoms with E-state index in [4.69, 9.17) is 9.72 Å². The van der Waals surface area contributed by atoms with Crippen LogP contribution in [0.3, 0.4) is 0 Å². The first-order valence-electron chi connectivity index (χ1n) is 7.53. The molecule has 0 aliphatic carbocycles. The molecule has 2 aliphatic heterocycles. The molecule has 0 N–H and O–H groups in total. The fourth-order valence-corrected chi connectivity index (χ4v) is 3.14. The van der Waals surface area contributed by atoms with Gasteiger partial charge in [-0.25, -0.2) is 0 Å². The van der Waals surface area contributed by atoms with Gasteiger partial charge in [0.25, 0.3) is 0 Å². The van der Waals surface area contributed by atoms with Gasteiger partial charge in [0, 0.05) is 38.9 Å². The van der Waals surface area contributed by atoms with Crippen molar-refractivity contribution in [3.05, 3.63) is 36.1 Å². The maximum absolute atomic E-state index is 5.42. The van der Waals surface area contributed by atoms with Crippen molar-refractivity contribution in [1.82, 2.24) is 14.8 Å². The summed E-state index contributed by atoms with van der Waals surface area (Å²) in [6, 6.07) is 4.41. The van der Waals surface area contributed by atoms with Crippen molar-refractivity contribution in [3.8, 4) is 0 Å². The summed E-state index contributed by atoms with van der Waals surface area (Å²) in [4.78, 5) is 9.45. The predicted octanol–water partition coefficient (Wildman–Crippen LogP) is 1.84. The molecule has 0 unspecified atom stereocenters. The Balaban J connectivity index is 1.61. The number of likely N-dealkylation sites (tertiary alicyclic amines) is 1. The van der Waals surface area contributed by atoms with E-state index in [9.17, 15) is 0 Å². The van der Waals surface area contributed by atoms with Crippen LogP contribution >= 0.6 is 0 Å². The van der Waals surface area contributed by atoms with Gasteiger partial charge in [0.2, 0.25) is 0 Å². The molecule has 0 bridgehead atoms. The van der Waals surface area contributed by atoms with Crippen LogP contribution in [0.1, 0.15) is 29.8 Å². The normalized spacial score (nSPS) is 21.9. The van der Waals surface area contributed by atoms with Crippen LogP contribution in [0.4, 0.5) is 0 Å². The van der Waals surface area contributed by atoms with Crippen molar-refractivity contribution in [2.45, 2.75) is 38.5 Å². The number of rotatable bonds is 3. The fraction of sp³-hybridized carbons (Fsp3) is 0.625. The molecular formula is C16H24N3O-. The van der Waals surface area contributed by atoms with Crippen LogP contribution in [-0.4, -0.2) is 47.6 Å². The SMILES string of the molecule is [CH2-]N1CCc2nc(CN3CCC(OC)CC3)ccc2C1. The van der Waals surface area contributed by atoms with Gasteiger partial charge in [-0.2, -0.15) is 0 Å². The minimum Gasteiger partial charge on any atom is -0.455 e. The lowest BCUT2D eigenvalue weighted by molar-refractivity contribution is 0.0385. The monoisotopic (exact) mass is 274 g/mol. The van der Waals surface area contributed by atoms with Gasteiger partial charge in [0.15, 0.2) is 0 Å². The topological polar surface area (TPSA) is 28.6 Å². The molecule has 1 saturated heterocycles. The molecule has 0 atom stereocenters. The Bertz CT molecular complexity index is 455. The van der Waals surface area contributed by atoms with Gasteiger partial charge in [0.05, 0.1) is 11.8 Å². The van der Waals surface area contributed by atoms with Crippen molar-refractivity contribution < 1.29 is 4.74 Å². The van der Waals surface area contributed by atoms with Crippen LogP contribution in [0.2, 0.25) is 0 Å². The molecule has 3 heterocycles. The molecular weight excluding hydrogens is 250 g/mol. The highest BCUT2D eigenvalue weighted by Crippen LogP contribution is 2.19. The Kier molecular flexibility index (Phi) is 4.34. The van der Waals surface area contributed by atoms with Crippen molar-refractivity contribution in [2.75, 3.05) is 26.7 Å². The summed E-state index contributed by atoms with van der Waals surface area (Å²) in [5, 5.41) is 0. The van der Waals surface area contributed by atoms with Gasteiger partial charge in [0.1, 0.15) is 0 Å². The summed E-state index contributed by atoms with van der Waals surface area (Å²) in [6.07, 6.45) is 3.75. The Morgan fingerprint density at radius 1 is 1.30 bits per heavy atom. The molecule has 0 saturated carbocycles. The van der Waals surface area contributed by atoms with Crippen LogP contribution < -0.4 is 0 Å². The number of piperidine rings is 1. The zero-order valence-corrected chi connectivity index (χ0v) is 12.3. The van der Waals surface area contributed by atoms with Gasteiger partial charge >= 0.3 is 0 Å². The molecule has 4 nitrogen and oxygen atoms in total. The van der Waals surface area contributed by atoms with E-state index in [1.165, 1.54) is 17.0 Å². The van der Waals surface area contributed by atoms with Crippen LogP contribution in [0.25, 0.3) is 0 Å². The maximum atomic E-state index is 5.42. The van der Waals surface area contributed by atoms with E-state index in [1.807, 2.05) is 7.11 Å². The van der Waals surface area contributed by atoms with Gasteiger partial charge in [-0.15, -0.1) is 0 Å². The molecule has 0 radical (unpaired) electrons. The standard InChI is InChI=1S/C16H24N3O/c1-18-8-7-16-13(11-18)3-4-14(17-16)12-19-9-5-15(20-2)6-10-19/h3-4,15H,1,5-12H2,2H3/q-1. The smallest absolute Gasteiger partial charge is 0.0595 e. The molecule has 1 aromatic rings. The first kappa shape index (κ1) is 14.0. The lowest BCUT2D eigenvalue weighted by Gasteiger charge is -2.32. The summed E-state index contributed by atoms with van der Waals surface area (Å²) in [5.41, 5.74) is 3.82. The third-order valence-corrected chi connectivity index (χ3v) is 4.44. The zero-order chi connectivity index (χ0) is 13.9. The van der Waals surface area contributed by atoms with Crippen molar-refractivity contribution in [1.29, 1.82) is 0 Å². The zero-order valence-electron chi connectivity index (χ0n) is 12.3. The van der Waals surface area contributed by atoms with E-state index in [0.29, 0.717) is 6.10 Å². The molecule has 110 valence electrons. The van der Waals surface area contributed by atoms with Crippen molar-refractivity contribution >= 4 is 0 Å². The van der Waals surface area contributed by atoms with E-state index in [1.54, 1.807) is 0 Å². The van der Waals surface area contributed by atoms with Crippen LogP contribution in [0, 0.1) is 7.05 Å². The first-order valence-corrected chi connectivity index (χ1v) is 7.53. The summed E-state index contributed by atoms with van der Waals surface area (Å²) in [5.74, 6) is 0. The van der Waals surface area contributed by atoms with Crippen molar-refractivity contribution in [2.24, 2.45) is 0 Å². The third kappa shape index (κ3) is 3.19. The molecule has 20 heavy (non-hydrogen) atoms. The number of hydrogen-bond donors (Lipinski definition) is 0. The van der Waals surface area contributed by atoms with Gasteiger partial charge in [-0.3, -0.25) is 16.9 Å². The second-order valence-corrected chi connectivity index (χ2v) is 5.92. The van der Waals surface area contributed by atoms with Gasteiger partial charge < -0.3 is 9.64 Å². The Labute approximate surface area is 121 Å². The molecule has 0 aromatic carbocycles. The Hall–Kier alpha value is -0.970.